The molecule has 0 saturated carbocycles. The van der Waals surface area contributed by atoms with Gasteiger partial charge in [0.2, 0.25) is 11.8 Å². The highest BCUT2D eigenvalue weighted by Crippen LogP contribution is 2.28. The van der Waals surface area contributed by atoms with Crippen LogP contribution in [-0.4, -0.2) is 26.0 Å². The van der Waals surface area contributed by atoms with Crippen molar-refractivity contribution in [3.8, 4) is 11.5 Å². The van der Waals surface area contributed by atoms with Gasteiger partial charge >= 0.3 is 0 Å². The van der Waals surface area contributed by atoms with E-state index in [1.807, 2.05) is 18.2 Å². The van der Waals surface area contributed by atoms with Crippen LogP contribution in [0.3, 0.4) is 0 Å². The van der Waals surface area contributed by atoms with Gasteiger partial charge in [0.25, 0.3) is 0 Å². The number of methoxy groups -OCH3 is 2. The molecule has 0 aliphatic heterocycles. The third kappa shape index (κ3) is 5.24. The summed E-state index contributed by atoms with van der Waals surface area (Å²) in [5, 5.41) is 5.52. The number of amides is 2. The molecule has 0 radical (unpaired) electrons. The number of carbonyl (C=O) groups is 2. The van der Waals surface area contributed by atoms with Crippen molar-refractivity contribution in [2.45, 2.75) is 19.8 Å². The Hall–Kier alpha value is -3.02. The van der Waals surface area contributed by atoms with Crippen molar-refractivity contribution in [3.05, 3.63) is 48.0 Å². The highest BCUT2D eigenvalue weighted by molar-refractivity contribution is 5.98. The molecule has 0 unspecified atom stereocenters. The van der Waals surface area contributed by atoms with Gasteiger partial charge in [0.05, 0.1) is 25.6 Å². The number of hydrogen-bond donors (Lipinski definition) is 2. The summed E-state index contributed by atoms with van der Waals surface area (Å²) in [4.78, 5) is 23.5. The Morgan fingerprint density at radius 2 is 1.56 bits per heavy atom. The first-order chi connectivity index (χ1) is 12.0. The summed E-state index contributed by atoms with van der Waals surface area (Å²) in [5.74, 6) is 0.968. The van der Waals surface area contributed by atoms with Crippen LogP contribution in [0.2, 0.25) is 0 Å². The highest BCUT2D eigenvalue weighted by atomic mass is 16.5. The Kier molecular flexibility index (Phi) is 6.39. The molecule has 0 fully saturated rings. The van der Waals surface area contributed by atoms with Crippen molar-refractivity contribution >= 4 is 23.2 Å². The van der Waals surface area contributed by atoms with Crippen molar-refractivity contribution in [3.63, 3.8) is 0 Å². The lowest BCUT2D eigenvalue weighted by molar-refractivity contribution is -0.116. The summed E-state index contributed by atoms with van der Waals surface area (Å²) in [6.07, 6.45) is 0.873. The van der Waals surface area contributed by atoms with Crippen LogP contribution in [-0.2, 0) is 16.0 Å². The van der Waals surface area contributed by atoms with Crippen LogP contribution in [0, 0.1) is 0 Å². The smallest absolute Gasteiger partial charge is 0.224 e. The van der Waals surface area contributed by atoms with Crippen molar-refractivity contribution in [1.29, 1.82) is 0 Å². The minimum atomic E-state index is -0.188. The normalized spacial score (nSPS) is 10.0. The first kappa shape index (κ1) is 18.3. The lowest BCUT2D eigenvalue weighted by atomic mass is 10.1. The van der Waals surface area contributed by atoms with Gasteiger partial charge in [0.1, 0.15) is 0 Å². The molecular weight excluding hydrogens is 320 g/mol. The summed E-state index contributed by atoms with van der Waals surface area (Å²) in [6.45, 7) is 1.43. The molecule has 2 aromatic rings. The molecule has 2 N–H and O–H groups in total. The molecule has 0 bridgehead atoms. The fourth-order valence-electron chi connectivity index (χ4n) is 2.40. The number of carbonyl (C=O) groups excluding carboxylic acids is 2. The van der Waals surface area contributed by atoms with Gasteiger partial charge in [-0.2, -0.15) is 0 Å². The van der Waals surface area contributed by atoms with Crippen LogP contribution in [0.4, 0.5) is 11.4 Å². The average molecular weight is 342 g/mol. The van der Waals surface area contributed by atoms with Crippen LogP contribution in [0.25, 0.3) is 0 Å². The number of para-hydroxylation sites is 2. The largest absolute Gasteiger partial charge is 0.493 e. The number of aryl methyl sites for hydroxylation is 1. The van der Waals surface area contributed by atoms with Gasteiger partial charge in [-0.1, -0.05) is 18.2 Å². The summed E-state index contributed by atoms with van der Waals surface area (Å²) < 4.78 is 10.5. The van der Waals surface area contributed by atoms with E-state index in [-0.39, 0.29) is 11.8 Å². The Balaban J connectivity index is 1.99. The Morgan fingerprint density at radius 1 is 0.920 bits per heavy atom. The minimum absolute atomic E-state index is 0.132. The van der Waals surface area contributed by atoms with Gasteiger partial charge in [0, 0.05) is 13.3 Å². The number of nitrogens with one attached hydrogen (secondary N) is 2. The standard InChI is InChI=1S/C19H22N2O4/c1-13(22)20-15-6-4-5-7-16(15)21-19(23)11-9-14-8-10-17(24-2)18(12-14)25-3/h4-8,10,12H,9,11H2,1-3H3,(H,20,22)(H,21,23). The van der Waals surface area contributed by atoms with E-state index in [1.165, 1.54) is 6.92 Å². The molecular formula is C19H22N2O4. The molecule has 0 saturated heterocycles. The molecule has 6 heteroatoms. The van der Waals surface area contributed by atoms with Crippen molar-refractivity contribution in [1.82, 2.24) is 0 Å². The SMILES string of the molecule is COc1ccc(CCC(=O)Nc2ccccc2NC(C)=O)cc1OC. The molecule has 2 rings (SSSR count). The maximum Gasteiger partial charge on any atom is 0.224 e. The average Bonchev–Trinajstić information content (AvgIpc) is 2.61. The van der Waals surface area contributed by atoms with Gasteiger partial charge < -0.3 is 20.1 Å². The predicted molar refractivity (Wildman–Crippen MR) is 97.2 cm³/mol. The van der Waals surface area contributed by atoms with Crippen LogP contribution in [0.1, 0.15) is 18.9 Å². The van der Waals surface area contributed by atoms with E-state index in [9.17, 15) is 9.59 Å². The van der Waals surface area contributed by atoms with E-state index in [2.05, 4.69) is 10.6 Å². The molecule has 0 aromatic heterocycles. The molecule has 0 atom stereocenters. The molecule has 0 heterocycles. The van der Waals surface area contributed by atoms with E-state index >= 15 is 0 Å². The van der Waals surface area contributed by atoms with Crippen LogP contribution < -0.4 is 20.1 Å². The summed E-state index contributed by atoms with van der Waals surface area (Å²) >= 11 is 0. The van der Waals surface area contributed by atoms with Crippen LogP contribution >= 0.6 is 0 Å². The van der Waals surface area contributed by atoms with Crippen molar-refractivity contribution < 1.29 is 19.1 Å². The second-order valence-electron chi connectivity index (χ2n) is 5.46. The first-order valence-corrected chi connectivity index (χ1v) is 7.91. The lowest BCUT2D eigenvalue weighted by Gasteiger charge is -2.12. The lowest BCUT2D eigenvalue weighted by Crippen LogP contribution is -2.15. The summed E-state index contributed by atoms with van der Waals surface area (Å²) in [5.41, 5.74) is 2.13. The maximum atomic E-state index is 12.2. The molecule has 6 nitrogen and oxygen atoms in total. The summed E-state index contributed by atoms with van der Waals surface area (Å²) in [6, 6.07) is 12.7. The van der Waals surface area contributed by atoms with E-state index in [0.29, 0.717) is 35.7 Å². The van der Waals surface area contributed by atoms with E-state index in [0.717, 1.165) is 5.56 Å². The number of benzene rings is 2. The minimum Gasteiger partial charge on any atom is -0.493 e. The number of hydrogen-bond acceptors (Lipinski definition) is 4. The third-order valence-corrected chi connectivity index (χ3v) is 3.60. The quantitative estimate of drug-likeness (QED) is 0.810. The fraction of sp³-hybridized carbons (Fsp3) is 0.263. The summed E-state index contributed by atoms with van der Waals surface area (Å²) in [7, 11) is 3.16. The molecule has 0 spiro atoms. The van der Waals surface area contributed by atoms with Gasteiger partial charge in [-0.25, -0.2) is 0 Å². The first-order valence-electron chi connectivity index (χ1n) is 7.91. The zero-order chi connectivity index (χ0) is 18.2. The monoisotopic (exact) mass is 342 g/mol. The second-order valence-corrected chi connectivity index (χ2v) is 5.46. The molecule has 0 aliphatic rings. The highest BCUT2D eigenvalue weighted by Gasteiger charge is 2.09. The number of anilines is 2. The van der Waals surface area contributed by atoms with Gasteiger partial charge in [-0.3, -0.25) is 9.59 Å². The van der Waals surface area contributed by atoms with Gasteiger partial charge in [0.15, 0.2) is 11.5 Å². The topological polar surface area (TPSA) is 76.7 Å². The van der Waals surface area contributed by atoms with E-state index in [4.69, 9.17) is 9.47 Å². The molecule has 0 aliphatic carbocycles. The Bertz CT molecular complexity index is 759. The predicted octanol–water partition coefficient (Wildman–Crippen LogP) is 3.23. The third-order valence-electron chi connectivity index (χ3n) is 3.60. The second kappa shape index (κ2) is 8.73. The van der Waals surface area contributed by atoms with Crippen LogP contribution in [0.15, 0.2) is 42.5 Å². The number of rotatable bonds is 7. The van der Waals surface area contributed by atoms with E-state index in [1.54, 1.807) is 38.5 Å². The zero-order valence-electron chi connectivity index (χ0n) is 14.6. The van der Waals surface area contributed by atoms with Crippen LogP contribution in [0.5, 0.6) is 11.5 Å². The van der Waals surface area contributed by atoms with Gasteiger partial charge in [-0.05, 0) is 36.2 Å². The van der Waals surface area contributed by atoms with Crippen molar-refractivity contribution in [2.24, 2.45) is 0 Å². The molecule has 25 heavy (non-hydrogen) atoms. The Morgan fingerprint density at radius 3 is 2.16 bits per heavy atom. The fourth-order valence-corrected chi connectivity index (χ4v) is 2.40. The molecule has 2 aromatic carbocycles. The molecule has 2 amide bonds. The zero-order valence-corrected chi connectivity index (χ0v) is 14.6. The molecule has 132 valence electrons. The maximum absolute atomic E-state index is 12.2. The Labute approximate surface area is 147 Å². The van der Waals surface area contributed by atoms with E-state index < -0.39 is 0 Å². The van der Waals surface area contributed by atoms with Gasteiger partial charge in [-0.15, -0.1) is 0 Å². The number of ether oxygens (including phenoxy) is 2. The van der Waals surface area contributed by atoms with Crippen molar-refractivity contribution in [2.75, 3.05) is 24.9 Å².